The van der Waals surface area contributed by atoms with E-state index in [1.165, 1.54) is 4.31 Å². The number of nitrogens with zero attached hydrogens (tertiary/aromatic N) is 2. The van der Waals surface area contributed by atoms with E-state index in [9.17, 15) is 13.2 Å². The van der Waals surface area contributed by atoms with E-state index in [4.69, 9.17) is 9.26 Å². The summed E-state index contributed by atoms with van der Waals surface area (Å²) in [5.41, 5.74) is -0.197. The molecule has 0 saturated heterocycles. The fourth-order valence-corrected chi connectivity index (χ4v) is 2.94. The predicted molar refractivity (Wildman–Crippen MR) is 69.1 cm³/mol. The Morgan fingerprint density at radius 3 is 2.80 bits per heavy atom. The molecule has 1 aromatic carbocycles. The SMILES string of the molecule is CS(=O)(=O)N1C[C@H](c2nc(=O)[nH]o2)Oc2ccccc21. The monoisotopic (exact) mass is 297 g/mol. The van der Waals surface area contributed by atoms with Crippen molar-refractivity contribution in [3.63, 3.8) is 0 Å². The quantitative estimate of drug-likeness (QED) is 0.852. The second kappa shape index (κ2) is 4.37. The number of aromatic amines is 1. The molecule has 1 aromatic heterocycles. The van der Waals surface area contributed by atoms with Crippen LogP contribution in [0.15, 0.2) is 33.6 Å². The summed E-state index contributed by atoms with van der Waals surface area (Å²) in [6, 6.07) is 6.73. The van der Waals surface area contributed by atoms with Gasteiger partial charge in [0.2, 0.25) is 10.0 Å². The van der Waals surface area contributed by atoms with Gasteiger partial charge in [-0.2, -0.15) is 10.1 Å². The lowest BCUT2D eigenvalue weighted by atomic mass is 10.2. The Morgan fingerprint density at radius 2 is 2.15 bits per heavy atom. The number of hydrogen-bond donors (Lipinski definition) is 1. The first-order valence-electron chi connectivity index (χ1n) is 5.74. The lowest BCUT2D eigenvalue weighted by molar-refractivity contribution is 0.158. The molecule has 8 nitrogen and oxygen atoms in total. The maximum Gasteiger partial charge on any atom is 0.377 e. The summed E-state index contributed by atoms with van der Waals surface area (Å²) in [7, 11) is -3.48. The zero-order chi connectivity index (χ0) is 14.3. The third-order valence-electron chi connectivity index (χ3n) is 2.87. The van der Waals surface area contributed by atoms with Crippen molar-refractivity contribution >= 4 is 15.7 Å². The normalized spacial score (nSPS) is 18.4. The number of benzene rings is 1. The van der Waals surface area contributed by atoms with Crippen LogP contribution in [-0.2, 0) is 10.0 Å². The summed E-state index contributed by atoms with van der Waals surface area (Å²) in [4.78, 5) is 14.6. The smallest absolute Gasteiger partial charge is 0.377 e. The lowest BCUT2D eigenvalue weighted by Crippen LogP contribution is -2.39. The van der Waals surface area contributed by atoms with Crippen molar-refractivity contribution in [2.45, 2.75) is 6.10 Å². The Labute approximate surface area is 114 Å². The molecular weight excluding hydrogens is 286 g/mol. The van der Waals surface area contributed by atoms with Crippen LogP contribution < -0.4 is 14.7 Å². The minimum atomic E-state index is -3.48. The summed E-state index contributed by atoms with van der Waals surface area (Å²) in [6.45, 7) is -0.0103. The predicted octanol–water partition coefficient (Wildman–Crippen LogP) is 0.263. The maximum absolute atomic E-state index is 11.9. The highest BCUT2D eigenvalue weighted by Gasteiger charge is 2.34. The van der Waals surface area contributed by atoms with Gasteiger partial charge in [0.25, 0.3) is 5.89 Å². The summed E-state index contributed by atoms with van der Waals surface area (Å²) in [5.74, 6) is 0.401. The number of anilines is 1. The summed E-state index contributed by atoms with van der Waals surface area (Å²) >= 11 is 0. The number of ether oxygens (including phenoxy) is 1. The number of aromatic nitrogens is 2. The van der Waals surface area contributed by atoms with Crippen molar-refractivity contribution in [1.82, 2.24) is 10.1 Å². The minimum Gasteiger partial charge on any atom is -0.476 e. The Kier molecular flexibility index (Phi) is 2.78. The molecule has 0 unspecified atom stereocenters. The summed E-state index contributed by atoms with van der Waals surface area (Å²) in [5, 5.41) is 2.05. The van der Waals surface area contributed by atoms with Gasteiger partial charge < -0.3 is 9.26 Å². The highest BCUT2D eigenvalue weighted by molar-refractivity contribution is 7.92. The van der Waals surface area contributed by atoms with E-state index in [1.807, 2.05) is 0 Å². The average molecular weight is 297 g/mol. The third kappa shape index (κ3) is 2.16. The first-order chi connectivity index (χ1) is 9.45. The zero-order valence-corrected chi connectivity index (χ0v) is 11.3. The molecule has 1 aliphatic rings. The summed E-state index contributed by atoms with van der Waals surface area (Å²) in [6.07, 6.45) is 0.325. The van der Waals surface area contributed by atoms with Crippen molar-refractivity contribution in [2.24, 2.45) is 0 Å². The van der Waals surface area contributed by atoms with Gasteiger partial charge in [-0.15, -0.1) is 0 Å². The van der Waals surface area contributed by atoms with Crippen LogP contribution in [0.5, 0.6) is 5.75 Å². The van der Waals surface area contributed by atoms with Gasteiger partial charge >= 0.3 is 5.69 Å². The van der Waals surface area contributed by atoms with Crippen LogP contribution in [0.2, 0.25) is 0 Å². The summed E-state index contributed by atoms with van der Waals surface area (Å²) < 4.78 is 35.5. The van der Waals surface area contributed by atoms with Crippen molar-refractivity contribution in [3.05, 3.63) is 40.6 Å². The van der Waals surface area contributed by atoms with E-state index >= 15 is 0 Å². The molecule has 0 bridgehead atoms. The van der Waals surface area contributed by atoms with Crippen molar-refractivity contribution < 1.29 is 17.7 Å². The molecule has 9 heteroatoms. The standard InChI is InChI=1S/C11H11N3O5S/c1-20(16,17)14-6-9(10-12-11(15)13-19-10)18-8-5-3-2-4-7(8)14/h2-5,9H,6H2,1H3,(H,13,15)/t9-/m1/s1. The van der Waals surface area contributed by atoms with Crippen LogP contribution in [0.1, 0.15) is 12.0 Å². The van der Waals surface area contributed by atoms with Gasteiger partial charge in [0.15, 0.2) is 6.10 Å². The van der Waals surface area contributed by atoms with E-state index < -0.39 is 21.8 Å². The number of nitrogens with one attached hydrogen (secondary N) is 1. The Balaban J connectivity index is 2.07. The van der Waals surface area contributed by atoms with E-state index in [-0.39, 0.29) is 12.4 Å². The number of fused-ring (bicyclic) bond motifs is 1. The van der Waals surface area contributed by atoms with Crippen LogP contribution in [0.4, 0.5) is 5.69 Å². The van der Waals surface area contributed by atoms with Gasteiger partial charge in [0.1, 0.15) is 5.75 Å². The highest BCUT2D eigenvalue weighted by Crippen LogP contribution is 2.38. The molecule has 2 aromatic rings. The minimum absolute atomic E-state index is 0.0103. The molecule has 0 aliphatic carbocycles. The van der Waals surface area contributed by atoms with Gasteiger partial charge in [0.05, 0.1) is 18.5 Å². The molecule has 2 heterocycles. The third-order valence-corrected chi connectivity index (χ3v) is 4.01. The van der Waals surface area contributed by atoms with E-state index in [1.54, 1.807) is 24.3 Å². The molecular formula is C11H11N3O5S. The number of sulfonamides is 1. The molecule has 1 N–H and O–H groups in total. The molecule has 0 saturated carbocycles. The van der Waals surface area contributed by atoms with Gasteiger partial charge in [-0.1, -0.05) is 12.1 Å². The fraction of sp³-hybridized carbons (Fsp3) is 0.273. The topological polar surface area (TPSA) is 106 Å². The van der Waals surface area contributed by atoms with Crippen LogP contribution in [0, 0.1) is 0 Å². The van der Waals surface area contributed by atoms with Gasteiger partial charge in [-0.3, -0.25) is 4.31 Å². The van der Waals surface area contributed by atoms with Crippen molar-refractivity contribution in [2.75, 3.05) is 17.1 Å². The van der Waals surface area contributed by atoms with E-state index in [2.05, 4.69) is 10.1 Å². The fourth-order valence-electron chi connectivity index (χ4n) is 2.02. The largest absolute Gasteiger partial charge is 0.476 e. The zero-order valence-electron chi connectivity index (χ0n) is 10.4. The Morgan fingerprint density at radius 1 is 1.40 bits per heavy atom. The number of H-pyrrole nitrogens is 1. The maximum atomic E-state index is 11.9. The molecule has 3 rings (SSSR count). The van der Waals surface area contributed by atoms with Crippen LogP contribution >= 0.6 is 0 Å². The molecule has 106 valence electrons. The van der Waals surface area contributed by atoms with E-state index in [0.717, 1.165) is 6.26 Å². The Hall–Kier alpha value is -2.29. The number of para-hydroxylation sites is 2. The molecule has 0 fully saturated rings. The highest BCUT2D eigenvalue weighted by atomic mass is 32.2. The molecule has 0 spiro atoms. The number of rotatable bonds is 2. The van der Waals surface area contributed by atoms with Crippen molar-refractivity contribution in [1.29, 1.82) is 0 Å². The molecule has 1 atom stereocenters. The molecule has 1 aliphatic heterocycles. The van der Waals surface area contributed by atoms with Crippen LogP contribution in [-0.4, -0.2) is 31.4 Å². The van der Waals surface area contributed by atoms with Crippen LogP contribution in [0.25, 0.3) is 0 Å². The van der Waals surface area contributed by atoms with Gasteiger partial charge in [0, 0.05) is 0 Å². The molecule has 0 amide bonds. The second-order valence-corrected chi connectivity index (χ2v) is 6.23. The first kappa shape index (κ1) is 12.7. The molecule has 0 radical (unpaired) electrons. The molecule has 20 heavy (non-hydrogen) atoms. The van der Waals surface area contributed by atoms with Gasteiger partial charge in [-0.25, -0.2) is 13.2 Å². The Bertz CT molecular complexity index is 794. The average Bonchev–Trinajstić information content (AvgIpc) is 2.83. The first-order valence-corrected chi connectivity index (χ1v) is 7.59. The lowest BCUT2D eigenvalue weighted by Gasteiger charge is -2.32. The van der Waals surface area contributed by atoms with Gasteiger partial charge in [-0.05, 0) is 12.1 Å². The number of hydrogen-bond acceptors (Lipinski definition) is 6. The van der Waals surface area contributed by atoms with Crippen LogP contribution in [0.3, 0.4) is 0 Å². The van der Waals surface area contributed by atoms with E-state index in [0.29, 0.717) is 11.4 Å². The van der Waals surface area contributed by atoms with Crippen molar-refractivity contribution in [3.8, 4) is 5.75 Å². The second-order valence-electron chi connectivity index (χ2n) is 4.33.